The molecule has 37 heavy (non-hydrogen) atoms. The van der Waals surface area contributed by atoms with E-state index in [-0.39, 0.29) is 5.91 Å². The van der Waals surface area contributed by atoms with Crippen LogP contribution in [0.3, 0.4) is 0 Å². The molecule has 1 saturated heterocycles. The van der Waals surface area contributed by atoms with Crippen molar-refractivity contribution in [1.82, 2.24) is 19.2 Å². The maximum absolute atomic E-state index is 13.0. The highest BCUT2D eigenvalue weighted by molar-refractivity contribution is 7.23. The third-order valence-electron chi connectivity index (χ3n) is 6.98. The lowest BCUT2D eigenvalue weighted by Crippen LogP contribution is -2.48. The van der Waals surface area contributed by atoms with Gasteiger partial charge in [-0.25, -0.2) is 4.98 Å². The van der Waals surface area contributed by atoms with Crippen LogP contribution in [0, 0.1) is 6.92 Å². The van der Waals surface area contributed by atoms with E-state index >= 15 is 0 Å². The fraction of sp³-hybridized carbons (Fsp3) is 0.241. The van der Waals surface area contributed by atoms with E-state index in [4.69, 9.17) is 21.3 Å². The number of halogens is 1. The molecule has 5 aromatic rings. The van der Waals surface area contributed by atoms with Crippen molar-refractivity contribution in [2.75, 3.05) is 33.3 Å². The van der Waals surface area contributed by atoms with Crippen LogP contribution in [0.5, 0.6) is 5.75 Å². The molecule has 6 rings (SSSR count). The van der Waals surface area contributed by atoms with Crippen molar-refractivity contribution in [2.45, 2.75) is 13.5 Å². The molecule has 3 heterocycles. The first-order chi connectivity index (χ1) is 18.0. The second kappa shape index (κ2) is 9.82. The van der Waals surface area contributed by atoms with Gasteiger partial charge in [-0.05, 0) is 49.4 Å². The Balaban J connectivity index is 1.31. The Morgan fingerprint density at radius 1 is 1.03 bits per heavy atom. The van der Waals surface area contributed by atoms with Crippen LogP contribution in [-0.4, -0.2) is 58.4 Å². The molecule has 1 aliphatic heterocycles. The number of hydrogen-bond acceptors (Lipinski definition) is 5. The average Bonchev–Trinajstić information content (AvgIpc) is 3.45. The lowest BCUT2D eigenvalue weighted by molar-refractivity contribution is 0.0627. The summed E-state index contributed by atoms with van der Waals surface area (Å²) in [4.78, 5) is 23.4. The number of imidazole rings is 1. The molecule has 0 spiro atoms. The highest BCUT2D eigenvalue weighted by atomic mass is 35.5. The largest absolute Gasteiger partial charge is 0.497 e. The minimum atomic E-state index is 0.101. The van der Waals surface area contributed by atoms with E-state index in [1.807, 2.05) is 66.4 Å². The van der Waals surface area contributed by atoms with E-state index in [1.165, 1.54) is 0 Å². The quantitative estimate of drug-likeness (QED) is 0.274. The van der Waals surface area contributed by atoms with Crippen LogP contribution < -0.4 is 4.74 Å². The number of aromatic nitrogens is 2. The molecule has 0 unspecified atom stereocenters. The molecular formula is C29H27ClN4O2S. The first kappa shape index (κ1) is 24.0. The molecule has 3 aromatic carbocycles. The number of amides is 1. The van der Waals surface area contributed by atoms with Gasteiger partial charge in [0.25, 0.3) is 5.91 Å². The standard InChI is InChI=1S/C29H27ClN4O2S/c1-19-6-8-20(9-7-19)28(35)33-14-12-32(13-15-33)18-25-27(21-4-3-5-23(16-21)36-2)31-29-34(25)24-11-10-22(30)17-26(24)37-29/h3-11,16-17H,12-15,18H2,1-2H3. The summed E-state index contributed by atoms with van der Waals surface area (Å²) in [5.41, 5.74) is 6.13. The minimum Gasteiger partial charge on any atom is -0.497 e. The van der Waals surface area contributed by atoms with Crippen LogP contribution in [0.25, 0.3) is 26.4 Å². The van der Waals surface area contributed by atoms with Crippen molar-refractivity contribution in [2.24, 2.45) is 0 Å². The van der Waals surface area contributed by atoms with E-state index in [2.05, 4.69) is 21.4 Å². The molecule has 188 valence electrons. The molecule has 1 aliphatic rings. The number of fused-ring (bicyclic) bond motifs is 3. The van der Waals surface area contributed by atoms with Crippen molar-refractivity contribution in [3.05, 3.63) is 88.6 Å². The van der Waals surface area contributed by atoms with Crippen molar-refractivity contribution in [3.63, 3.8) is 0 Å². The van der Waals surface area contributed by atoms with Crippen molar-refractivity contribution >= 4 is 44.0 Å². The van der Waals surface area contributed by atoms with Gasteiger partial charge in [-0.15, -0.1) is 0 Å². The van der Waals surface area contributed by atoms with Gasteiger partial charge in [0.15, 0.2) is 4.96 Å². The van der Waals surface area contributed by atoms with Gasteiger partial charge in [0, 0.05) is 48.9 Å². The number of rotatable bonds is 5. The molecule has 2 aromatic heterocycles. The number of thiazole rings is 1. The Labute approximate surface area is 224 Å². The first-order valence-corrected chi connectivity index (χ1v) is 13.5. The first-order valence-electron chi connectivity index (χ1n) is 12.3. The average molecular weight is 531 g/mol. The van der Waals surface area contributed by atoms with Crippen molar-refractivity contribution in [3.8, 4) is 17.0 Å². The number of aryl methyl sites for hydroxylation is 1. The number of benzene rings is 3. The fourth-order valence-electron chi connectivity index (χ4n) is 4.95. The summed E-state index contributed by atoms with van der Waals surface area (Å²) in [5.74, 6) is 0.906. The molecule has 8 heteroatoms. The normalized spacial score (nSPS) is 14.5. The monoisotopic (exact) mass is 530 g/mol. The van der Waals surface area contributed by atoms with Gasteiger partial charge in [-0.2, -0.15) is 0 Å². The highest BCUT2D eigenvalue weighted by Crippen LogP contribution is 2.35. The van der Waals surface area contributed by atoms with Crippen LogP contribution in [0.4, 0.5) is 0 Å². The Morgan fingerprint density at radius 3 is 2.57 bits per heavy atom. The lowest BCUT2D eigenvalue weighted by atomic mass is 10.1. The van der Waals surface area contributed by atoms with Gasteiger partial charge < -0.3 is 9.64 Å². The maximum atomic E-state index is 13.0. The summed E-state index contributed by atoms with van der Waals surface area (Å²) in [6.07, 6.45) is 0. The summed E-state index contributed by atoms with van der Waals surface area (Å²) in [5, 5.41) is 0.723. The molecular weight excluding hydrogens is 504 g/mol. The summed E-state index contributed by atoms with van der Waals surface area (Å²) in [7, 11) is 1.68. The van der Waals surface area contributed by atoms with Crippen LogP contribution in [0.1, 0.15) is 21.6 Å². The number of piperazine rings is 1. The predicted octanol–water partition coefficient (Wildman–Crippen LogP) is 6.14. The van der Waals surface area contributed by atoms with Gasteiger partial charge in [0.05, 0.1) is 28.7 Å². The number of carbonyl (C=O) groups is 1. The fourth-order valence-corrected chi connectivity index (χ4v) is 6.27. The van der Waals surface area contributed by atoms with Gasteiger partial charge in [-0.1, -0.05) is 52.8 Å². The molecule has 0 radical (unpaired) electrons. The Hall–Kier alpha value is -3.39. The topological polar surface area (TPSA) is 50.1 Å². The predicted molar refractivity (Wildman–Crippen MR) is 150 cm³/mol. The molecule has 0 aliphatic carbocycles. The third-order valence-corrected chi connectivity index (χ3v) is 8.22. The zero-order valence-electron chi connectivity index (χ0n) is 20.8. The van der Waals surface area contributed by atoms with E-state index < -0.39 is 0 Å². The lowest BCUT2D eigenvalue weighted by Gasteiger charge is -2.34. The molecule has 6 nitrogen and oxygen atoms in total. The van der Waals surface area contributed by atoms with Crippen LogP contribution in [0.2, 0.25) is 5.02 Å². The summed E-state index contributed by atoms with van der Waals surface area (Å²) in [6, 6.07) is 21.9. The Bertz CT molecular complexity index is 1600. The number of ether oxygens (including phenoxy) is 1. The molecule has 0 N–H and O–H groups in total. The second-order valence-electron chi connectivity index (χ2n) is 9.41. The SMILES string of the molecule is COc1cccc(-c2nc3sc4cc(Cl)ccc4n3c2CN2CCN(C(=O)c3ccc(C)cc3)CC2)c1. The second-order valence-corrected chi connectivity index (χ2v) is 10.9. The smallest absolute Gasteiger partial charge is 0.253 e. The number of nitrogens with zero attached hydrogens (tertiary/aromatic N) is 4. The summed E-state index contributed by atoms with van der Waals surface area (Å²) >= 11 is 7.93. The minimum absolute atomic E-state index is 0.101. The maximum Gasteiger partial charge on any atom is 0.253 e. The highest BCUT2D eigenvalue weighted by Gasteiger charge is 2.25. The number of carbonyl (C=O) groups excluding carboxylic acids is 1. The van der Waals surface area contributed by atoms with Gasteiger partial charge in [-0.3, -0.25) is 14.1 Å². The Kier molecular flexibility index (Phi) is 6.36. The molecule has 1 fully saturated rings. The van der Waals surface area contributed by atoms with Gasteiger partial charge in [0.2, 0.25) is 0 Å². The Morgan fingerprint density at radius 2 is 1.81 bits per heavy atom. The van der Waals surface area contributed by atoms with E-state index in [9.17, 15) is 4.79 Å². The van der Waals surface area contributed by atoms with E-state index in [1.54, 1.807) is 18.4 Å². The molecule has 0 atom stereocenters. The third kappa shape index (κ3) is 4.59. The van der Waals surface area contributed by atoms with E-state index in [0.717, 1.165) is 73.7 Å². The van der Waals surface area contributed by atoms with Gasteiger partial charge in [0.1, 0.15) is 5.75 Å². The molecule has 0 bridgehead atoms. The summed E-state index contributed by atoms with van der Waals surface area (Å²) in [6.45, 7) is 5.76. The zero-order valence-corrected chi connectivity index (χ0v) is 22.4. The van der Waals surface area contributed by atoms with Gasteiger partial charge >= 0.3 is 0 Å². The molecule has 1 amide bonds. The number of hydrogen-bond donors (Lipinski definition) is 0. The number of methoxy groups -OCH3 is 1. The molecule has 0 saturated carbocycles. The van der Waals surface area contributed by atoms with E-state index in [0.29, 0.717) is 13.1 Å². The van der Waals surface area contributed by atoms with Crippen molar-refractivity contribution < 1.29 is 9.53 Å². The van der Waals surface area contributed by atoms with Crippen LogP contribution in [-0.2, 0) is 6.54 Å². The van der Waals surface area contributed by atoms with Crippen molar-refractivity contribution in [1.29, 1.82) is 0 Å². The van der Waals surface area contributed by atoms with Crippen LogP contribution in [0.15, 0.2) is 66.7 Å². The summed E-state index contributed by atoms with van der Waals surface area (Å²) < 4.78 is 8.86. The van der Waals surface area contributed by atoms with Crippen LogP contribution >= 0.6 is 22.9 Å². The zero-order chi connectivity index (χ0) is 25.5.